The number of methoxy groups -OCH3 is 1. The number of benzene rings is 2. The molecule has 0 aliphatic heterocycles. The number of hydrogen-bond acceptors (Lipinski definition) is 7. The van der Waals surface area contributed by atoms with Crippen molar-refractivity contribution in [3.63, 3.8) is 0 Å². The van der Waals surface area contributed by atoms with E-state index in [9.17, 15) is 8.60 Å². The summed E-state index contributed by atoms with van der Waals surface area (Å²) in [6.07, 6.45) is 2.75. The van der Waals surface area contributed by atoms with Gasteiger partial charge in [-0.05, 0) is 29.8 Å². The van der Waals surface area contributed by atoms with E-state index in [1.54, 1.807) is 18.2 Å². The van der Waals surface area contributed by atoms with Gasteiger partial charge in [-0.3, -0.25) is 4.78 Å². The highest BCUT2D eigenvalue weighted by Gasteiger charge is 2.11. The fraction of sp³-hybridized carbons (Fsp3) is 0.167. The Morgan fingerprint density at radius 3 is 2.78 bits per heavy atom. The minimum atomic E-state index is -2.63. The standard InChI is InChI=1S/C18H18FN5O2S/c1-26-16-9-13(19)6-7-15(16)17-21-11-22-18(24-17)23-14-5-3-4-12(8-14)10-27(2,20)25/h3-9,11,20H,10H2,1-2H3,(H,21,22,23,24)/t27-/m1/s1. The Hall–Kier alpha value is -3.07. The molecule has 7 nitrogen and oxygen atoms in total. The summed E-state index contributed by atoms with van der Waals surface area (Å²) in [5.41, 5.74) is 2.01. The Morgan fingerprint density at radius 2 is 2.04 bits per heavy atom. The highest BCUT2D eigenvalue weighted by atomic mass is 32.2. The van der Waals surface area contributed by atoms with Crippen molar-refractivity contribution in [1.82, 2.24) is 15.0 Å². The molecular formula is C18H18FN5O2S. The normalized spacial score (nSPS) is 13.0. The summed E-state index contributed by atoms with van der Waals surface area (Å²) in [4.78, 5) is 12.6. The average Bonchev–Trinajstić information content (AvgIpc) is 2.60. The first-order valence-corrected chi connectivity index (χ1v) is 10.1. The summed E-state index contributed by atoms with van der Waals surface area (Å²) >= 11 is 0. The molecule has 0 unspecified atom stereocenters. The maximum atomic E-state index is 13.4. The van der Waals surface area contributed by atoms with Gasteiger partial charge in [0.15, 0.2) is 5.82 Å². The predicted molar refractivity (Wildman–Crippen MR) is 102 cm³/mol. The van der Waals surface area contributed by atoms with Crippen LogP contribution in [-0.4, -0.2) is 32.5 Å². The second-order valence-electron chi connectivity index (χ2n) is 5.95. The molecular weight excluding hydrogens is 369 g/mol. The summed E-state index contributed by atoms with van der Waals surface area (Å²) in [6.45, 7) is 0. The fourth-order valence-electron chi connectivity index (χ4n) is 2.52. The number of hydrogen-bond donors (Lipinski definition) is 2. The van der Waals surface area contributed by atoms with Gasteiger partial charge >= 0.3 is 0 Å². The van der Waals surface area contributed by atoms with Crippen LogP contribution in [0.2, 0.25) is 0 Å². The lowest BCUT2D eigenvalue weighted by Crippen LogP contribution is -2.02. The third-order valence-corrected chi connectivity index (χ3v) is 4.49. The van der Waals surface area contributed by atoms with Crippen LogP contribution in [0.3, 0.4) is 0 Å². The van der Waals surface area contributed by atoms with Crippen molar-refractivity contribution in [2.24, 2.45) is 0 Å². The average molecular weight is 387 g/mol. The number of anilines is 2. The maximum Gasteiger partial charge on any atom is 0.230 e. The zero-order valence-corrected chi connectivity index (χ0v) is 15.6. The summed E-state index contributed by atoms with van der Waals surface area (Å²) in [6, 6.07) is 11.3. The zero-order chi connectivity index (χ0) is 19.4. The molecule has 140 valence electrons. The van der Waals surface area contributed by atoms with Gasteiger partial charge in [0.1, 0.15) is 17.9 Å². The molecule has 3 aromatic rings. The topological polar surface area (TPSA) is 101 Å². The van der Waals surface area contributed by atoms with Crippen LogP contribution in [0.4, 0.5) is 16.0 Å². The van der Waals surface area contributed by atoms with Gasteiger partial charge in [0, 0.05) is 27.7 Å². The Morgan fingerprint density at radius 1 is 1.22 bits per heavy atom. The van der Waals surface area contributed by atoms with Gasteiger partial charge in [-0.25, -0.2) is 18.6 Å². The molecule has 0 aliphatic carbocycles. The maximum absolute atomic E-state index is 13.4. The van der Waals surface area contributed by atoms with E-state index in [4.69, 9.17) is 9.52 Å². The monoisotopic (exact) mass is 387 g/mol. The van der Waals surface area contributed by atoms with Crippen molar-refractivity contribution in [1.29, 1.82) is 4.78 Å². The van der Waals surface area contributed by atoms with Crippen LogP contribution in [0.25, 0.3) is 11.4 Å². The number of rotatable bonds is 6. The molecule has 9 heteroatoms. The van der Waals surface area contributed by atoms with E-state index < -0.39 is 15.5 Å². The van der Waals surface area contributed by atoms with Crippen LogP contribution in [0, 0.1) is 10.6 Å². The summed E-state index contributed by atoms with van der Waals surface area (Å²) < 4.78 is 37.8. The third-order valence-electron chi connectivity index (χ3n) is 3.60. The van der Waals surface area contributed by atoms with Crippen molar-refractivity contribution in [3.8, 4) is 17.1 Å². The molecule has 1 aromatic heterocycles. The second-order valence-corrected chi connectivity index (χ2v) is 8.25. The Balaban J connectivity index is 1.88. The van der Waals surface area contributed by atoms with Gasteiger partial charge in [0.05, 0.1) is 18.4 Å². The highest BCUT2D eigenvalue weighted by Crippen LogP contribution is 2.28. The van der Waals surface area contributed by atoms with E-state index in [1.165, 1.54) is 31.8 Å². The van der Waals surface area contributed by atoms with Crippen LogP contribution >= 0.6 is 0 Å². The van der Waals surface area contributed by atoms with Gasteiger partial charge < -0.3 is 10.1 Å². The van der Waals surface area contributed by atoms with E-state index in [1.807, 2.05) is 12.1 Å². The van der Waals surface area contributed by atoms with Gasteiger partial charge in [-0.1, -0.05) is 12.1 Å². The van der Waals surface area contributed by atoms with Gasteiger partial charge in [0.2, 0.25) is 5.95 Å². The molecule has 1 heterocycles. The molecule has 0 amide bonds. The second kappa shape index (κ2) is 7.67. The Labute approximate surface area is 156 Å². The molecule has 2 aromatic carbocycles. The van der Waals surface area contributed by atoms with Crippen LogP contribution in [0.15, 0.2) is 48.8 Å². The van der Waals surface area contributed by atoms with Gasteiger partial charge in [-0.15, -0.1) is 0 Å². The summed E-state index contributed by atoms with van der Waals surface area (Å²) in [7, 11) is -1.19. The predicted octanol–water partition coefficient (Wildman–Crippen LogP) is 3.61. The lowest BCUT2D eigenvalue weighted by atomic mass is 10.2. The van der Waals surface area contributed by atoms with E-state index in [2.05, 4.69) is 20.3 Å². The number of ether oxygens (including phenoxy) is 1. The first-order chi connectivity index (χ1) is 12.8. The SMILES string of the molecule is COc1cc(F)ccc1-c1ncnc(Nc2cccc(C[S@](C)(=N)=O)c2)n1. The first kappa shape index (κ1) is 18.7. The number of nitrogens with zero attached hydrogens (tertiary/aromatic N) is 3. The zero-order valence-electron chi connectivity index (χ0n) is 14.8. The summed E-state index contributed by atoms with van der Waals surface area (Å²) in [5.74, 6) is 0.705. The van der Waals surface area contributed by atoms with Crippen LogP contribution in [-0.2, 0) is 15.5 Å². The Bertz CT molecular complexity index is 1070. The van der Waals surface area contributed by atoms with E-state index in [0.717, 1.165) is 5.56 Å². The Kier molecular flexibility index (Phi) is 5.31. The molecule has 27 heavy (non-hydrogen) atoms. The highest BCUT2D eigenvalue weighted by molar-refractivity contribution is 7.90. The third kappa shape index (κ3) is 4.98. The lowest BCUT2D eigenvalue weighted by molar-refractivity contribution is 0.412. The molecule has 0 fully saturated rings. The van der Waals surface area contributed by atoms with Crippen molar-refractivity contribution >= 4 is 21.4 Å². The van der Waals surface area contributed by atoms with Crippen molar-refractivity contribution in [2.45, 2.75) is 5.75 Å². The smallest absolute Gasteiger partial charge is 0.230 e. The molecule has 0 spiro atoms. The minimum Gasteiger partial charge on any atom is -0.496 e. The van der Waals surface area contributed by atoms with Crippen LogP contribution in [0.1, 0.15) is 5.56 Å². The molecule has 0 aliphatic rings. The van der Waals surface area contributed by atoms with Crippen LogP contribution in [0.5, 0.6) is 5.75 Å². The lowest BCUT2D eigenvalue weighted by Gasteiger charge is -2.10. The molecule has 3 rings (SSSR count). The molecule has 0 saturated carbocycles. The van der Waals surface area contributed by atoms with Crippen molar-refractivity contribution in [3.05, 3.63) is 60.2 Å². The minimum absolute atomic E-state index is 0.164. The summed E-state index contributed by atoms with van der Waals surface area (Å²) in [5, 5.41) is 3.06. The molecule has 2 N–H and O–H groups in total. The van der Waals surface area contributed by atoms with Gasteiger partial charge in [0.25, 0.3) is 0 Å². The number of halogens is 1. The van der Waals surface area contributed by atoms with Crippen LogP contribution < -0.4 is 10.1 Å². The number of aromatic nitrogens is 3. The number of nitrogens with one attached hydrogen (secondary N) is 2. The molecule has 0 bridgehead atoms. The largest absolute Gasteiger partial charge is 0.496 e. The van der Waals surface area contributed by atoms with E-state index >= 15 is 0 Å². The first-order valence-electron chi connectivity index (χ1n) is 7.94. The molecule has 0 saturated heterocycles. The van der Waals surface area contributed by atoms with E-state index in [0.29, 0.717) is 28.8 Å². The quantitative estimate of drug-likeness (QED) is 0.670. The van der Waals surface area contributed by atoms with Crippen molar-refractivity contribution < 1.29 is 13.3 Å². The molecule has 0 radical (unpaired) electrons. The fourth-order valence-corrected chi connectivity index (χ4v) is 3.34. The van der Waals surface area contributed by atoms with Gasteiger partial charge in [-0.2, -0.15) is 4.98 Å². The van der Waals surface area contributed by atoms with Crippen molar-refractivity contribution in [2.75, 3.05) is 18.7 Å². The van der Waals surface area contributed by atoms with E-state index in [-0.39, 0.29) is 5.75 Å². The molecule has 1 atom stereocenters.